The summed E-state index contributed by atoms with van der Waals surface area (Å²) in [6.45, 7) is 11.9. The molecule has 136 valence electrons. The van der Waals surface area contributed by atoms with Crippen LogP contribution in [0.4, 0.5) is 0 Å². The molecular formula is C24H36Si. The summed E-state index contributed by atoms with van der Waals surface area (Å²) >= 11 is 0. The van der Waals surface area contributed by atoms with Crippen molar-refractivity contribution in [3.8, 4) is 11.5 Å². The smallest absolute Gasteiger partial charge is 0.126 e. The highest BCUT2D eigenvalue weighted by Crippen LogP contribution is 2.35. The van der Waals surface area contributed by atoms with Crippen molar-refractivity contribution in [2.24, 2.45) is 0 Å². The van der Waals surface area contributed by atoms with E-state index < -0.39 is 8.07 Å². The standard InChI is InChI=1S/C24H36Si/c1-24(2,3)25(4,5)20-19-23(22-16-10-7-11-17-22)18-12-15-21-13-8-6-9-14-21/h6,8-9,13-14H,7,10-12,15-18H2,1-5H3. The van der Waals surface area contributed by atoms with Crippen molar-refractivity contribution in [1.82, 2.24) is 0 Å². The Hall–Kier alpha value is -1.26. The van der Waals surface area contributed by atoms with Gasteiger partial charge in [-0.25, -0.2) is 0 Å². The van der Waals surface area contributed by atoms with E-state index >= 15 is 0 Å². The molecule has 1 saturated carbocycles. The second-order valence-corrected chi connectivity index (χ2v) is 14.1. The van der Waals surface area contributed by atoms with Gasteiger partial charge in [-0.1, -0.05) is 82.1 Å². The van der Waals surface area contributed by atoms with E-state index in [9.17, 15) is 0 Å². The quantitative estimate of drug-likeness (QED) is 0.393. The van der Waals surface area contributed by atoms with Gasteiger partial charge in [0.05, 0.1) is 0 Å². The van der Waals surface area contributed by atoms with E-state index in [1.807, 2.05) is 0 Å². The van der Waals surface area contributed by atoms with E-state index in [0.717, 1.165) is 6.42 Å². The van der Waals surface area contributed by atoms with Gasteiger partial charge in [-0.2, -0.15) is 0 Å². The summed E-state index contributed by atoms with van der Waals surface area (Å²) in [6.07, 6.45) is 10.2. The normalized spacial score (nSPS) is 15.5. The number of hydrogen-bond acceptors (Lipinski definition) is 0. The average Bonchev–Trinajstić information content (AvgIpc) is 2.58. The largest absolute Gasteiger partial charge is 0.138 e. The Kier molecular flexibility index (Phi) is 7.14. The molecule has 0 unspecified atom stereocenters. The minimum atomic E-state index is -1.53. The number of hydrogen-bond donors (Lipinski definition) is 0. The van der Waals surface area contributed by atoms with E-state index in [0.29, 0.717) is 5.04 Å². The van der Waals surface area contributed by atoms with Crippen LogP contribution in [-0.2, 0) is 6.42 Å². The first kappa shape index (κ1) is 20.1. The molecule has 1 heteroatoms. The summed E-state index contributed by atoms with van der Waals surface area (Å²) in [6, 6.07) is 10.9. The van der Waals surface area contributed by atoms with Crippen molar-refractivity contribution in [2.45, 2.75) is 90.3 Å². The van der Waals surface area contributed by atoms with Crippen LogP contribution in [0.25, 0.3) is 0 Å². The van der Waals surface area contributed by atoms with Gasteiger partial charge in [0.2, 0.25) is 0 Å². The number of allylic oxidation sites excluding steroid dienone is 2. The fourth-order valence-electron chi connectivity index (χ4n) is 3.14. The summed E-state index contributed by atoms with van der Waals surface area (Å²) in [5, 5.41) is 0.340. The lowest BCUT2D eigenvalue weighted by atomic mass is 9.89. The van der Waals surface area contributed by atoms with Crippen LogP contribution in [0.1, 0.15) is 71.3 Å². The van der Waals surface area contributed by atoms with Crippen molar-refractivity contribution < 1.29 is 0 Å². The zero-order valence-electron chi connectivity index (χ0n) is 17.0. The highest BCUT2D eigenvalue weighted by molar-refractivity contribution is 6.87. The van der Waals surface area contributed by atoms with Crippen LogP contribution in [0.5, 0.6) is 0 Å². The molecule has 2 rings (SSSR count). The summed E-state index contributed by atoms with van der Waals surface area (Å²) in [4.78, 5) is 0. The molecule has 0 amide bonds. The van der Waals surface area contributed by atoms with Gasteiger partial charge < -0.3 is 0 Å². The van der Waals surface area contributed by atoms with Gasteiger partial charge in [0, 0.05) is 5.57 Å². The molecule has 0 bridgehead atoms. The van der Waals surface area contributed by atoms with Crippen LogP contribution >= 0.6 is 0 Å². The summed E-state index contributed by atoms with van der Waals surface area (Å²) in [5.74, 6) is 3.71. The van der Waals surface area contributed by atoms with Gasteiger partial charge in [0.1, 0.15) is 8.07 Å². The van der Waals surface area contributed by atoms with Crippen molar-refractivity contribution in [1.29, 1.82) is 0 Å². The van der Waals surface area contributed by atoms with Crippen molar-refractivity contribution in [2.75, 3.05) is 0 Å². The second kappa shape index (κ2) is 8.90. The zero-order valence-corrected chi connectivity index (χ0v) is 18.0. The average molecular weight is 353 g/mol. The van der Waals surface area contributed by atoms with Crippen molar-refractivity contribution in [3.63, 3.8) is 0 Å². The highest BCUT2D eigenvalue weighted by Gasteiger charge is 2.33. The third-order valence-electron chi connectivity index (χ3n) is 6.02. The van der Waals surface area contributed by atoms with Gasteiger partial charge >= 0.3 is 0 Å². The summed E-state index contributed by atoms with van der Waals surface area (Å²) in [5.41, 5.74) is 8.39. The van der Waals surface area contributed by atoms with Crippen LogP contribution in [0.2, 0.25) is 18.1 Å². The predicted molar refractivity (Wildman–Crippen MR) is 114 cm³/mol. The fraction of sp³-hybridized carbons (Fsp3) is 0.583. The Bertz CT molecular complexity index is 624. The molecule has 1 aliphatic carbocycles. The van der Waals surface area contributed by atoms with Crippen LogP contribution in [-0.4, -0.2) is 8.07 Å². The Morgan fingerprint density at radius 1 is 1.00 bits per heavy atom. The molecule has 0 aromatic heterocycles. The van der Waals surface area contributed by atoms with E-state index in [-0.39, 0.29) is 0 Å². The Labute approximate surface area is 157 Å². The first-order chi connectivity index (χ1) is 11.8. The van der Waals surface area contributed by atoms with E-state index in [2.05, 4.69) is 75.7 Å². The van der Waals surface area contributed by atoms with Crippen LogP contribution in [0.15, 0.2) is 41.5 Å². The van der Waals surface area contributed by atoms with Crippen LogP contribution in [0, 0.1) is 11.5 Å². The minimum Gasteiger partial charge on any atom is -0.126 e. The maximum absolute atomic E-state index is 3.78. The number of rotatable bonds is 4. The van der Waals surface area contributed by atoms with Crippen molar-refractivity contribution >= 4 is 8.07 Å². The molecule has 0 N–H and O–H groups in total. The van der Waals surface area contributed by atoms with Gasteiger partial charge in [0.25, 0.3) is 0 Å². The topological polar surface area (TPSA) is 0 Å². The lowest BCUT2D eigenvalue weighted by Crippen LogP contribution is -2.35. The zero-order chi connectivity index (χ0) is 18.3. The van der Waals surface area contributed by atoms with E-state index in [1.165, 1.54) is 56.1 Å². The molecule has 1 aromatic rings. The minimum absolute atomic E-state index is 0.340. The Morgan fingerprint density at radius 3 is 2.24 bits per heavy atom. The highest BCUT2D eigenvalue weighted by atomic mass is 28.3. The van der Waals surface area contributed by atoms with Crippen molar-refractivity contribution in [3.05, 3.63) is 47.0 Å². The maximum Gasteiger partial charge on any atom is 0.138 e. The van der Waals surface area contributed by atoms with Crippen LogP contribution in [0.3, 0.4) is 0 Å². The Balaban J connectivity index is 2.12. The molecule has 1 aromatic carbocycles. The predicted octanol–water partition coefficient (Wildman–Crippen LogP) is 7.32. The monoisotopic (exact) mass is 352 g/mol. The Morgan fingerprint density at radius 2 is 1.64 bits per heavy atom. The lowest BCUT2D eigenvalue weighted by Gasteiger charge is -2.31. The molecule has 25 heavy (non-hydrogen) atoms. The molecule has 0 nitrogen and oxygen atoms in total. The molecule has 1 aliphatic rings. The van der Waals surface area contributed by atoms with E-state index in [4.69, 9.17) is 0 Å². The third kappa shape index (κ3) is 6.19. The summed E-state index contributed by atoms with van der Waals surface area (Å²) < 4.78 is 0. The fourth-order valence-corrected chi connectivity index (χ4v) is 3.98. The molecule has 0 atom stereocenters. The molecule has 0 heterocycles. The SMILES string of the molecule is CC(C)(C)[Si](C)(C)C#CC(CCCc1ccccc1)=C1CCCCC1. The van der Waals surface area contributed by atoms with Gasteiger partial charge in [-0.15, -0.1) is 5.54 Å². The molecule has 0 spiro atoms. The molecule has 0 radical (unpaired) electrons. The van der Waals surface area contributed by atoms with Gasteiger partial charge in [0.15, 0.2) is 0 Å². The second-order valence-electron chi connectivity index (χ2n) is 9.11. The number of benzene rings is 1. The van der Waals surface area contributed by atoms with Crippen LogP contribution < -0.4 is 0 Å². The molecule has 0 saturated heterocycles. The first-order valence-corrected chi connectivity index (χ1v) is 13.1. The molecule has 0 aliphatic heterocycles. The molecule has 1 fully saturated rings. The van der Waals surface area contributed by atoms with Gasteiger partial charge in [-0.05, 0) is 55.5 Å². The van der Waals surface area contributed by atoms with E-state index in [1.54, 1.807) is 5.57 Å². The van der Waals surface area contributed by atoms with Gasteiger partial charge in [-0.3, -0.25) is 0 Å². The summed E-state index contributed by atoms with van der Waals surface area (Å²) in [7, 11) is -1.53. The lowest BCUT2D eigenvalue weighted by molar-refractivity contribution is 0.591. The number of aryl methyl sites for hydroxylation is 1. The maximum atomic E-state index is 3.78. The molecular weight excluding hydrogens is 316 g/mol. The first-order valence-electron chi connectivity index (χ1n) is 10.1. The third-order valence-corrected chi connectivity index (χ3v) is 10.5.